The molecule has 3 rings (SSSR count). The lowest BCUT2D eigenvalue weighted by molar-refractivity contribution is -0.387. The average Bonchev–Trinajstić information content (AvgIpc) is 2.80. The lowest BCUT2D eigenvalue weighted by atomic mass is 10.2. The summed E-state index contributed by atoms with van der Waals surface area (Å²) in [5.74, 6) is 0. The Morgan fingerprint density at radius 1 is 1.15 bits per heavy atom. The van der Waals surface area contributed by atoms with Crippen LogP contribution in [-0.2, 0) is 21.4 Å². The van der Waals surface area contributed by atoms with Crippen LogP contribution in [0, 0.1) is 10.1 Å². The molecule has 1 aromatic heterocycles. The van der Waals surface area contributed by atoms with Gasteiger partial charge in [0.25, 0.3) is 21.3 Å². The fourth-order valence-corrected chi connectivity index (χ4v) is 4.89. The summed E-state index contributed by atoms with van der Waals surface area (Å²) in [5.41, 5.74) is -1.87. The molecule has 2 N–H and O–H groups in total. The molecule has 1 atom stereocenters. The lowest BCUT2D eigenvalue weighted by Gasteiger charge is -2.30. The Hall–Kier alpha value is -3.81. The van der Waals surface area contributed by atoms with Crippen molar-refractivity contribution in [3.63, 3.8) is 0 Å². The van der Waals surface area contributed by atoms with Gasteiger partial charge in [-0.25, -0.2) is 13.2 Å². The van der Waals surface area contributed by atoms with Crippen molar-refractivity contribution < 1.29 is 23.2 Å². The maximum atomic E-state index is 13.7. The third-order valence-electron chi connectivity index (χ3n) is 4.82. The van der Waals surface area contributed by atoms with E-state index >= 15 is 0 Å². The van der Waals surface area contributed by atoms with Crippen molar-refractivity contribution in [3.05, 3.63) is 97.3 Å². The molecule has 0 bridgehead atoms. The van der Waals surface area contributed by atoms with Gasteiger partial charge >= 0.3 is 5.69 Å². The highest BCUT2D eigenvalue weighted by Crippen LogP contribution is 2.32. The van der Waals surface area contributed by atoms with Crippen LogP contribution in [-0.4, -0.2) is 41.7 Å². The number of H-pyrrole nitrogens is 1. The van der Waals surface area contributed by atoms with Gasteiger partial charge in [0, 0.05) is 31.0 Å². The molecule has 0 aliphatic rings. The van der Waals surface area contributed by atoms with Crippen LogP contribution in [0.5, 0.6) is 0 Å². The zero-order valence-corrected chi connectivity index (χ0v) is 18.1. The molecule has 0 fully saturated rings. The van der Waals surface area contributed by atoms with Crippen molar-refractivity contribution in [2.45, 2.75) is 17.7 Å². The normalized spacial score (nSPS) is 12.3. The number of sulfonamides is 1. The van der Waals surface area contributed by atoms with Gasteiger partial charge in [-0.15, -0.1) is 0 Å². The number of ether oxygens (including phenoxy) is 1. The number of methoxy groups -OCH3 is 1. The molecule has 33 heavy (non-hydrogen) atoms. The number of rotatable bonds is 9. The molecule has 0 unspecified atom stereocenters. The van der Waals surface area contributed by atoms with E-state index in [4.69, 9.17) is 4.74 Å². The number of hydrogen-bond acceptors (Lipinski definition) is 8. The highest BCUT2D eigenvalue weighted by molar-refractivity contribution is 7.93. The number of aliphatic hydroxyl groups excluding tert-OH is 1. The van der Waals surface area contributed by atoms with Crippen molar-refractivity contribution in [1.29, 1.82) is 0 Å². The highest BCUT2D eigenvalue weighted by Gasteiger charge is 2.34. The second-order valence-corrected chi connectivity index (χ2v) is 8.59. The molecular weight excluding hydrogens is 456 g/mol. The van der Waals surface area contributed by atoms with Crippen LogP contribution in [0.15, 0.2) is 75.3 Å². The second-order valence-electron chi connectivity index (χ2n) is 6.76. The number of anilines is 1. The van der Waals surface area contributed by atoms with E-state index in [1.54, 1.807) is 6.07 Å². The zero-order valence-electron chi connectivity index (χ0n) is 17.3. The molecule has 0 saturated heterocycles. The van der Waals surface area contributed by atoms with Crippen LogP contribution in [0.4, 0.5) is 11.4 Å². The summed E-state index contributed by atoms with van der Waals surface area (Å²) in [5, 5.41) is 21.3. The molecule has 0 radical (unpaired) electrons. The van der Waals surface area contributed by atoms with Crippen molar-refractivity contribution in [1.82, 2.24) is 9.55 Å². The molecular formula is C20H20N4O8S. The topological polar surface area (TPSA) is 165 Å². The maximum absolute atomic E-state index is 13.7. The molecule has 0 spiro atoms. The van der Waals surface area contributed by atoms with Gasteiger partial charge < -0.3 is 9.84 Å². The Balaban J connectivity index is 2.22. The first-order valence-electron chi connectivity index (χ1n) is 9.50. The van der Waals surface area contributed by atoms with Crippen LogP contribution < -0.4 is 15.6 Å². The van der Waals surface area contributed by atoms with Crippen molar-refractivity contribution >= 4 is 21.4 Å². The Bertz CT molecular complexity index is 1380. The van der Waals surface area contributed by atoms with Gasteiger partial charge in [0.1, 0.15) is 0 Å². The Labute approximate surface area is 187 Å². The monoisotopic (exact) mass is 476 g/mol. The first kappa shape index (κ1) is 23.8. The molecule has 174 valence electrons. The summed E-state index contributed by atoms with van der Waals surface area (Å²) in [6, 6.07) is 11.9. The maximum Gasteiger partial charge on any atom is 0.330 e. The lowest BCUT2D eigenvalue weighted by Crippen LogP contribution is -2.41. The minimum atomic E-state index is -4.58. The Morgan fingerprint density at radius 2 is 1.82 bits per heavy atom. The number of aliphatic hydroxyl groups is 1. The van der Waals surface area contributed by atoms with Crippen LogP contribution in [0.3, 0.4) is 0 Å². The van der Waals surface area contributed by atoms with E-state index in [1.165, 1.54) is 37.4 Å². The predicted octanol–water partition coefficient (Wildman–Crippen LogP) is 0.978. The summed E-state index contributed by atoms with van der Waals surface area (Å²) < 4.78 is 34.5. The summed E-state index contributed by atoms with van der Waals surface area (Å²) in [6.07, 6.45) is -0.0816. The average molecular weight is 476 g/mol. The fraction of sp³-hybridized carbons (Fsp3) is 0.200. The van der Waals surface area contributed by atoms with E-state index in [-0.39, 0.29) is 11.3 Å². The molecule has 12 nitrogen and oxygen atoms in total. The third kappa shape index (κ3) is 4.84. The number of nitrogens with zero attached hydrogens (tertiary/aromatic N) is 3. The SMILES string of the molecule is CO[C@@H](CN(c1ccccc1CO)S(=O)(=O)c1ccccc1[N+](=O)[O-])n1ccc(=O)[nH]c1=O. The first-order chi connectivity index (χ1) is 15.7. The van der Waals surface area contributed by atoms with Gasteiger partial charge in [0.2, 0.25) is 0 Å². The second kappa shape index (κ2) is 9.77. The number of hydrogen-bond donors (Lipinski definition) is 2. The molecule has 1 heterocycles. The molecule has 0 aliphatic carbocycles. The van der Waals surface area contributed by atoms with Gasteiger partial charge in [-0.2, -0.15) is 0 Å². The van der Waals surface area contributed by atoms with E-state index in [0.29, 0.717) is 0 Å². The Morgan fingerprint density at radius 3 is 2.45 bits per heavy atom. The zero-order chi connectivity index (χ0) is 24.2. The summed E-state index contributed by atoms with van der Waals surface area (Å²) in [7, 11) is -3.35. The van der Waals surface area contributed by atoms with Crippen LogP contribution in [0.1, 0.15) is 11.8 Å². The molecule has 2 aromatic carbocycles. The number of nitrogens with one attached hydrogen (secondary N) is 1. The largest absolute Gasteiger partial charge is 0.392 e. The summed E-state index contributed by atoms with van der Waals surface area (Å²) in [6.45, 7) is -1.02. The number of para-hydroxylation sites is 2. The molecule has 13 heteroatoms. The van der Waals surface area contributed by atoms with Crippen LogP contribution in [0.2, 0.25) is 0 Å². The standard InChI is InChI=1S/C20H20N4O8S/c1-32-19(22-11-10-18(26)21-20(22)27)12-23(15-7-3-2-6-14(15)13-25)33(30,31)17-9-5-4-8-16(17)24(28)29/h2-11,19,25H,12-13H2,1H3,(H,21,26,27)/t19-/m0/s1. The number of aromatic amines is 1. The predicted molar refractivity (Wildman–Crippen MR) is 117 cm³/mol. The number of benzene rings is 2. The van der Waals surface area contributed by atoms with Gasteiger partial charge in [0.15, 0.2) is 11.1 Å². The van der Waals surface area contributed by atoms with Gasteiger partial charge in [-0.3, -0.25) is 28.8 Å². The van der Waals surface area contributed by atoms with Gasteiger partial charge in [-0.1, -0.05) is 30.3 Å². The van der Waals surface area contributed by atoms with Crippen molar-refractivity contribution in [2.24, 2.45) is 0 Å². The minimum Gasteiger partial charge on any atom is -0.392 e. The van der Waals surface area contributed by atoms with E-state index in [0.717, 1.165) is 33.3 Å². The fourth-order valence-electron chi connectivity index (χ4n) is 3.23. The Kier molecular flexibility index (Phi) is 7.06. The minimum absolute atomic E-state index is 0.0395. The van der Waals surface area contributed by atoms with Crippen LogP contribution >= 0.6 is 0 Å². The van der Waals surface area contributed by atoms with E-state index in [1.807, 2.05) is 0 Å². The highest BCUT2D eigenvalue weighted by atomic mass is 32.2. The van der Waals surface area contributed by atoms with E-state index < -0.39 is 56.2 Å². The molecule has 0 amide bonds. The van der Waals surface area contributed by atoms with Crippen LogP contribution in [0.25, 0.3) is 0 Å². The smallest absolute Gasteiger partial charge is 0.330 e. The molecule has 0 aliphatic heterocycles. The van der Waals surface area contributed by atoms with Crippen molar-refractivity contribution in [2.75, 3.05) is 18.0 Å². The van der Waals surface area contributed by atoms with E-state index in [2.05, 4.69) is 4.98 Å². The first-order valence-corrected chi connectivity index (χ1v) is 10.9. The summed E-state index contributed by atoms with van der Waals surface area (Å²) in [4.78, 5) is 35.9. The summed E-state index contributed by atoms with van der Waals surface area (Å²) >= 11 is 0. The van der Waals surface area contributed by atoms with E-state index in [9.17, 15) is 33.2 Å². The number of nitro groups is 1. The third-order valence-corrected chi connectivity index (χ3v) is 6.64. The molecule has 0 saturated carbocycles. The quantitative estimate of drug-likeness (QED) is 0.341. The molecule has 3 aromatic rings. The van der Waals surface area contributed by atoms with Gasteiger partial charge in [0.05, 0.1) is 23.8 Å². The van der Waals surface area contributed by atoms with Crippen molar-refractivity contribution in [3.8, 4) is 0 Å². The number of aromatic nitrogens is 2. The number of nitro benzene ring substituents is 1. The van der Waals surface area contributed by atoms with Gasteiger partial charge in [-0.05, 0) is 12.1 Å².